The van der Waals surface area contributed by atoms with E-state index in [0.717, 1.165) is 16.7 Å². The summed E-state index contributed by atoms with van der Waals surface area (Å²) in [6.07, 6.45) is 3.06. The summed E-state index contributed by atoms with van der Waals surface area (Å²) in [6.45, 7) is -0.498. The average molecular weight is 376 g/mol. The lowest BCUT2D eigenvalue weighted by atomic mass is 10.1. The monoisotopic (exact) mass is 376 g/mol. The zero-order valence-corrected chi connectivity index (χ0v) is 15.1. The van der Waals surface area contributed by atoms with Crippen molar-refractivity contribution >= 4 is 11.9 Å². The van der Waals surface area contributed by atoms with E-state index in [4.69, 9.17) is 4.74 Å². The number of ether oxygens (including phenoxy) is 1. The lowest BCUT2D eigenvalue weighted by molar-refractivity contribution is -0.148. The number of rotatable bonds is 7. The fraction of sp³-hybridized carbons (Fsp3) is 0.136. The van der Waals surface area contributed by atoms with Crippen LogP contribution in [-0.4, -0.2) is 34.6 Å². The molecule has 1 atom stereocenters. The molecule has 1 amide bonds. The normalized spacial score (nSPS) is 11.5. The maximum absolute atomic E-state index is 12.5. The summed E-state index contributed by atoms with van der Waals surface area (Å²) >= 11 is 0. The Morgan fingerprint density at radius 2 is 1.64 bits per heavy atom. The second-order valence-corrected chi connectivity index (χ2v) is 6.13. The van der Waals surface area contributed by atoms with Crippen LogP contribution in [0.25, 0.3) is 11.1 Å². The maximum Gasteiger partial charge on any atom is 0.331 e. The topological polar surface area (TPSA) is 88.5 Å². The highest BCUT2D eigenvalue weighted by Gasteiger charge is 2.22. The number of aliphatic hydroxyl groups is 1. The third kappa shape index (κ3) is 5.02. The van der Waals surface area contributed by atoms with Crippen molar-refractivity contribution in [2.24, 2.45) is 0 Å². The van der Waals surface area contributed by atoms with E-state index in [-0.39, 0.29) is 12.2 Å². The van der Waals surface area contributed by atoms with E-state index in [0.29, 0.717) is 0 Å². The van der Waals surface area contributed by atoms with Gasteiger partial charge in [-0.1, -0.05) is 60.7 Å². The molecule has 1 heterocycles. The lowest BCUT2D eigenvalue weighted by Crippen LogP contribution is -2.44. The van der Waals surface area contributed by atoms with Crippen LogP contribution in [-0.2, 0) is 16.1 Å². The van der Waals surface area contributed by atoms with Gasteiger partial charge in [0.05, 0.1) is 12.2 Å². The van der Waals surface area contributed by atoms with Crippen molar-refractivity contribution in [1.29, 1.82) is 0 Å². The van der Waals surface area contributed by atoms with Crippen molar-refractivity contribution in [2.45, 2.75) is 12.6 Å². The highest BCUT2D eigenvalue weighted by atomic mass is 16.5. The molecule has 0 aliphatic carbocycles. The molecule has 0 radical (unpaired) electrons. The van der Waals surface area contributed by atoms with Gasteiger partial charge in [0.2, 0.25) is 0 Å². The highest BCUT2D eigenvalue weighted by Crippen LogP contribution is 2.18. The van der Waals surface area contributed by atoms with E-state index in [1.165, 1.54) is 6.20 Å². The predicted octanol–water partition coefficient (Wildman–Crippen LogP) is 2.58. The Balaban J connectivity index is 1.64. The van der Waals surface area contributed by atoms with Crippen LogP contribution in [0.2, 0.25) is 0 Å². The number of benzene rings is 2. The molecule has 6 heteroatoms. The number of nitrogens with zero attached hydrogens (tertiary/aromatic N) is 1. The summed E-state index contributed by atoms with van der Waals surface area (Å²) in [7, 11) is 0. The first kappa shape index (κ1) is 19.3. The molecule has 2 aromatic carbocycles. The first-order valence-electron chi connectivity index (χ1n) is 8.80. The predicted molar refractivity (Wildman–Crippen MR) is 104 cm³/mol. The summed E-state index contributed by atoms with van der Waals surface area (Å²) in [6, 6.07) is 19.2. The van der Waals surface area contributed by atoms with E-state index in [9.17, 15) is 14.7 Å². The van der Waals surface area contributed by atoms with Crippen LogP contribution in [0, 0.1) is 0 Å². The molecule has 142 valence electrons. The van der Waals surface area contributed by atoms with Gasteiger partial charge >= 0.3 is 5.97 Å². The molecule has 3 aromatic rings. The van der Waals surface area contributed by atoms with Gasteiger partial charge in [0.15, 0.2) is 6.04 Å². The van der Waals surface area contributed by atoms with Crippen molar-refractivity contribution in [3.8, 4) is 11.1 Å². The summed E-state index contributed by atoms with van der Waals surface area (Å²) in [5, 5.41) is 12.0. The molecule has 0 bridgehead atoms. The van der Waals surface area contributed by atoms with Crippen LogP contribution < -0.4 is 5.32 Å². The van der Waals surface area contributed by atoms with Crippen molar-refractivity contribution in [1.82, 2.24) is 10.3 Å². The number of nitrogens with one attached hydrogen (secondary N) is 1. The highest BCUT2D eigenvalue weighted by molar-refractivity contribution is 5.97. The molecule has 2 N–H and O–H groups in total. The second kappa shape index (κ2) is 9.43. The third-order valence-electron chi connectivity index (χ3n) is 4.10. The minimum absolute atomic E-state index is 0.0666. The first-order valence-corrected chi connectivity index (χ1v) is 8.80. The number of carbonyl (C=O) groups excluding carboxylic acids is 2. The van der Waals surface area contributed by atoms with Crippen molar-refractivity contribution in [3.63, 3.8) is 0 Å². The first-order chi connectivity index (χ1) is 13.7. The summed E-state index contributed by atoms with van der Waals surface area (Å²) in [5.74, 6) is -1.21. The molecule has 0 saturated carbocycles. The minimum atomic E-state index is -1.16. The SMILES string of the molecule is O=C(N[C@@H](CO)C(=O)OCc1ccccc1)c1cncc(-c2ccccc2)c1. The van der Waals surface area contributed by atoms with Crippen LogP contribution in [0.15, 0.2) is 79.1 Å². The molecule has 0 aliphatic rings. The maximum atomic E-state index is 12.5. The molecule has 28 heavy (non-hydrogen) atoms. The van der Waals surface area contributed by atoms with E-state index >= 15 is 0 Å². The van der Waals surface area contributed by atoms with Gasteiger partial charge in [-0.15, -0.1) is 0 Å². The molecule has 6 nitrogen and oxygen atoms in total. The van der Waals surface area contributed by atoms with Gasteiger partial charge in [0.1, 0.15) is 6.61 Å². The molecule has 1 aromatic heterocycles. The molecule has 0 saturated heterocycles. The standard InChI is InChI=1S/C22H20N2O4/c25-14-20(22(27)28-15-16-7-3-1-4-8-16)24-21(26)19-11-18(12-23-13-19)17-9-5-2-6-10-17/h1-13,20,25H,14-15H2,(H,24,26)/t20-/m0/s1. The minimum Gasteiger partial charge on any atom is -0.459 e. The molecule has 3 rings (SSSR count). The Hall–Kier alpha value is -3.51. The van der Waals surface area contributed by atoms with Crippen LogP contribution in [0.5, 0.6) is 0 Å². The molecule has 0 aliphatic heterocycles. The van der Waals surface area contributed by atoms with Crippen LogP contribution in [0.3, 0.4) is 0 Å². The Bertz CT molecular complexity index is 930. The second-order valence-electron chi connectivity index (χ2n) is 6.13. The van der Waals surface area contributed by atoms with Gasteiger partial charge in [-0.25, -0.2) is 4.79 Å². The van der Waals surface area contributed by atoms with Crippen LogP contribution >= 0.6 is 0 Å². The molecule has 0 spiro atoms. The van der Waals surface area contributed by atoms with E-state index in [1.54, 1.807) is 12.3 Å². The fourth-order valence-electron chi connectivity index (χ4n) is 2.60. The van der Waals surface area contributed by atoms with Crippen LogP contribution in [0.1, 0.15) is 15.9 Å². The number of hydrogen-bond donors (Lipinski definition) is 2. The number of aliphatic hydroxyl groups excluding tert-OH is 1. The van der Waals surface area contributed by atoms with Crippen molar-refractivity contribution < 1.29 is 19.4 Å². The smallest absolute Gasteiger partial charge is 0.331 e. The van der Waals surface area contributed by atoms with Gasteiger partial charge in [-0.3, -0.25) is 9.78 Å². The quantitative estimate of drug-likeness (QED) is 0.619. The van der Waals surface area contributed by atoms with E-state index in [2.05, 4.69) is 10.3 Å². The summed E-state index contributed by atoms with van der Waals surface area (Å²) in [4.78, 5) is 28.8. The number of carbonyl (C=O) groups is 2. The van der Waals surface area contributed by atoms with Gasteiger partial charge < -0.3 is 15.2 Å². The van der Waals surface area contributed by atoms with E-state index in [1.807, 2.05) is 60.7 Å². The Labute approximate surface area is 162 Å². The zero-order chi connectivity index (χ0) is 19.8. The zero-order valence-electron chi connectivity index (χ0n) is 15.1. The van der Waals surface area contributed by atoms with Gasteiger partial charge in [-0.2, -0.15) is 0 Å². The lowest BCUT2D eigenvalue weighted by Gasteiger charge is -2.15. The summed E-state index contributed by atoms with van der Waals surface area (Å²) in [5.41, 5.74) is 2.81. The Kier molecular flexibility index (Phi) is 6.49. The number of pyridine rings is 1. The number of esters is 1. The Morgan fingerprint density at radius 3 is 2.32 bits per heavy atom. The van der Waals surface area contributed by atoms with Crippen LogP contribution in [0.4, 0.5) is 0 Å². The van der Waals surface area contributed by atoms with Gasteiger partial charge in [-0.05, 0) is 17.2 Å². The number of amides is 1. The fourth-order valence-corrected chi connectivity index (χ4v) is 2.60. The Morgan fingerprint density at radius 1 is 0.964 bits per heavy atom. The van der Waals surface area contributed by atoms with Gasteiger partial charge in [0.25, 0.3) is 5.91 Å². The summed E-state index contributed by atoms with van der Waals surface area (Å²) < 4.78 is 5.18. The largest absolute Gasteiger partial charge is 0.459 e. The third-order valence-corrected chi connectivity index (χ3v) is 4.10. The van der Waals surface area contributed by atoms with Crippen molar-refractivity contribution in [2.75, 3.05) is 6.61 Å². The molecule has 0 unspecified atom stereocenters. The molecular weight excluding hydrogens is 356 g/mol. The average Bonchev–Trinajstić information content (AvgIpc) is 2.77. The van der Waals surface area contributed by atoms with Crippen molar-refractivity contribution in [3.05, 3.63) is 90.3 Å². The molecule has 0 fully saturated rings. The number of hydrogen-bond acceptors (Lipinski definition) is 5. The molecular formula is C22H20N2O4. The van der Waals surface area contributed by atoms with Gasteiger partial charge in [0, 0.05) is 18.0 Å². The van der Waals surface area contributed by atoms with E-state index < -0.39 is 24.5 Å². The number of aromatic nitrogens is 1.